The standard InChI is InChI=1S/C19H16N2O3/c1-12-6-7-13(8-17(12)22)11-20-21-19(24)16-9-14-4-2-3-5-15(14)10-18(16)23/h2-11,22-23H,1H3,(H,21,24)/b20-11+. The summed E-state index contributed by atoms with van der Waals surface area (Å²) in [5.74, 6) is -0.447. The highest BCUT2D eigenvalue weighted by Gasteiger charge is 2.11. The van der Waals surface area contributed by atoms with Crippen LogP contribution in [0.3, 0.4) is 0 Å². The SMILES string of the molecule is Cc1ccc(/C=N/NC(=O)c2cc3ccccc3cc2O)cc1O. The highest BCUT2D eigenvalue weighted by atomic mass is 16.3. The molecule has 0 saturated carbocycles. The fraction of sp³-hybridized carbons (Fsp3) is 0.0526. The van der Waals surface area contributed by atoms with Crippen LogP contribution in [-0.4, -0.2) is 22.3 Å². The number of hydrazone groups is 1. The topological polar surface area (TPSA) is 81.9 Å². The summed E-state index contributed by atoms with van der Waals surface area (Å²) >= 11 is 0. The van der Waals surface area contributed by atoms with Gasteiger partial charge in [0.1, 0.15) is 11.5 Å². The van der Waals surface area contributed by atoms with Crippen molar-refractivity contribution in [3.05, 3.63) is 71.3 Å². The third kappa shape index (κ3) is 3.20. The molecule has 0 fully saturated rings. The molecule has 0 aromatic heterocycles. The lowest BCUT2D eigenvalue weighted by atomic mass is 10.1. The molecule has 24 heavy (non-hydrogen) atoms. The van der Waals surface area contributed by atoms with Crippen molar-refractivity contribution in [2.24, 2.45) is 5.10 Å². The van der Waals surface area contributed by atoms with E-state index in [1.165, 1.54) is 6.21 Å². The van der Waals surface area contributed by atoms with Crippen LogP contribution < -0.4 is 5.43 Å². The van der Waals surface area contributed by atoms with Crippen molar-refractivity contribution in [1.82, 2.24) is 5.43 Å². The van der Waals surface area contributed by atoms with E-state index in [4.69, 9.17) is 0 Å². The maximum Gasteiger partial charge on any atom is 0.275 e. The molecule has 5 heteroatoms. The Morgan fingerprint density at radius 2 is 1.71 bits per heavy atom. The van der Waals surface area contributed by atoms with Crippen molar-refractivity contribution in [3.63, 3.8) is 0 Å². The fourth-order valence-electron chi connectivity index (χ4n) is 2.34. The average molecular weight is 320 g/mol. The van der Waals surface area contributed by atoms with Crippen LogP contribution >= 0.6 is 0 Å². The van der Waals surface area contributed by atoms with Crippen molar-refractivity contribution in [1.29, 1.82) is 0 Å². The van der Waals surface area contributed by atoms with Gasteiger partial charge in [-0.3, -0.25) is 4.79 Å². The summed E-state index contributed by atoms with van der Waals surface area (Å²) in [5.41, 5.74) is 3.94. The number of phenols is 2. The van der Waals surface area contributed by atoms with E-state index in [9.17, 15) is 15.0 Å². The molecule has 3 aromatic carbocycles. The number of nitrogens with zero attached hydrogens (tertiary/aromatic N) is 1. The zero-order valence-electron chi connectivity index (χ0n) is 13.0. The zero-order valence-corrected chi connectivity index (χ0v) is 13.0. The van der Waals surface area contributed by atoms with E-state index >= 15 is 0 Å². The van der Waals surface area contributed by atoms with Crippen LogP contribution in [0.15, 0.2) is 59.7 Å². The van der Waals surface area contributed by atoms with Gasteiger partial charge in [0.15, 0.2) is 0 Å². The summed E-state index contributed by atoms with van der Waals surface area (Å²) in [6.45, 7) is 1.79. The van der Waals surface area contributed by atoms with E-state index in [0.29, 0.717) is 5.56 Å². The number of hydrogen-bond acceptors (Lipinski definition) is 4. The molecule has 0 spiro atoms. The molecule has 3 aromatic rings. The van der Waals surface area contributed by atoms with Gasteiger partial charge in [0.05, 0.1) is 11.8 Å². The number of hydrogen-bond donors (Lipinski definition) is 3. The largest absolute Gasteiger partial charge is 0.508 e. The lowest BCUT2D eigenvalue weighted by Crippen LogP contribution is -2.17. The van der Waals surface area contributed by atoms with Crippen LogP contribution in [0.25, 0.3) is 10.8 Å². The molecule has 0 bridgehead atoms. The molecule has 0 aliphatic rings. The molecule has 3 rings (SSSR count). The molecule has 0 aliphatic heterocycles. The first kappa shape index (κ1) is 15.6. The Kier molecular flexibility index (Phi) is 4.16. The second kappa shape index (κ2) is 6.42. The highest BCUT2D eigenvalue weighted by Crippen LogP contribution is 2.24. The monoisotopic (exact) mass is 320 g/mol. The normalized spacial score (nSPS) is 11.0. The summed E-state index contributed by atoms with van der Waals surface area (Å²) in [7, 11) is 0. The number of benzene rings is 3. The Morgan fingerprint density at radius 1 is 1.00 bits per heavy atom. The molecule has 120 valence electrons. The predicted molar refractivity (Wildman–Crippen MR) is 93.5 cm³/mol. The zero-order chi connectivity index (χ0) is 17.1. The summed E-state index contributed by atoms with van der Waals surface area (Å²) in [6, 6.07) is 15.7. The van der Waals surface area contributed by atoms with Crippen molar-refractivity contribution in [3.8, 4) is 11.5 Å². The number of amides is 1. The quantitative estimate of drug-likeness (QED) is 0.511. The van der Waals surface area contributed by atoms with E-state index in [1.54, 1.807) is 37.3 Å². The molecular formula is C19H16N2O3. The first-order valence-corrected chi connectivity index (χ1v) is 7.39. The maximum absolute atomic E-state index is 12.2. The van der Waals surface area contributed by atoms with Gasteiger partial charge in [-0.2, -0.15) is 5.10 Å². The minimum Gasteiger partial charge on any atom is -0.508 e. The van der Waals surface area contributed by atoms with E-state index in [-0.39, 0.29) is 17.1 Å². The molecule has 0 unspecified atom stereocenters. The van der Waals surface area contributed by atoms with Gasteiger partial charge in [-0.25, -0.2) is 5.43 Å². The summed E-state index contributed by atoms with van der Waals surface area (Å²) in [6.07, 6.45) is 1.43. The molecule has 5 nitrogen and oxygen atoms in total. The minimum atomic E-state index is -0.508. The predicted octanol–water partition coefficient (Wildman–Crippen LogP) is 3.32. The van der Waals surface area contributed by atoms with Crippen molar-refractivity contribution >= 4 is 22.9 Å². The van der Waals surface area contributed by atoms with Gasteiger partial charge in [-0.1, -0.05) is 36.4 Å². The number of aryl methyl sites for hydroxylation is 1. The maximum atomic E-state index is 12.2. The van der Waals surface area contributed by atoms with E-state index in [0.717, 1.165) is 16.3 Å². The smallest absolute Gasteiger partial charge is 0.275 e. The highest BCUT2D eigenvalue weighted by molar-refractivity contribution is 6.01. The molecule has 0 heterocycles. The van der Waals surface area contributed by atoms with Gasteiger partial charge in [0.2, 0.25) is 0 Å². The van der Waals surface area contributed by atoms with Crippen LogP contribution in [0, 0.1) is 6.92 Å². The Hall–Kier alpha value is -3.34. The number of carbonyl (C=O) groups is 1. The first-order chi connectivity index (χ1) is 11.5. The minimum absolute atomic E-state index is 0.102. The Labute approximate surface area is 138 Å². The van der Waals surface area contributed by atoms with Crippen molar-refractivity contribution in [2.45, 2.75) is 6.92 Å². The Bertz CT molecular complexity index is 948. The number of fused-ring (bicyclic) bond motifs is 1. The van der Waals surface area contributed by atoms with Gasteiger partial charge < -0.3 is 10.2 Å². The van der Waals surface area contributed by atoms with Gasteiger partial charge in [-0.05, 0) is 47.0 Å². The molecular weight excluding hydrogens is 304 g/mol. The number of rotatable bonds is 3. The number of phenolic OH excluding ortho intramolecular Hbond substituents is 2. The van der Waals surface area contributed by atoms with Crippen LogP contribution in [0.2, 0.25) is 0 Å². The summed E-state index contributed by atoms with van der Waals surface area (Å²) in [4.78, 5) is 12.2. The first-order valence-electron chi connectivity index (χ1n) is 7.39. The van der Waals surface area contributed by atoms with Crippen LogP contribution in [0.1, 0.15) is 21.5 Å². The lowest BCUT2D eigenvalue weighted by molar-refractivity contribution is 0.0952. The summed E-state index contributed by atoms with van der Waals surface area (Å²) < 4.78 is 0. The van der Waals surface area contributed by atoms with Gasteiger partial charge in [0, 0.05) is 0 Å². The average Bonchev–Trinajstić information content (AvgIpc) is 2.57. The Morgan fingerprint density at radius 3 is 2.42 bits per heavy atom. The molecule has 1 amide bonds. The lowest BCUT2D eigenvalue weighted by Gasteiger charge is -2.05. The van der Waals surface area contributed by atoms with E-state index in [2.05, 4.69) is 10.5 Å². The van der Waals surface area contributed by atoms with E-state index in [1.807, 2.05) is 24.3 Å². The third-order valence-electron chi connectivity index (χ3n) is 3.72. The van der Waals surface area contributed by atoms with Gasteiger partial charge in [-0.15, -0.1) is 0 Å². The van der Waals surface area contributed by atoms with E-state index < -0.39 is 5.91 Å². The van der Waals surface area contributed by atoms with Gasteiger partial charge in [0.25, 0.3) is 5.91 Å². The van der Waals surface area contributed by atoms with Crippen molar-refractivity contribution in [2.75, 3.05) is 0 Å². The summed E-state index contributed by atoms with van der Waals surface area (Å²) in [5, 5.41) is 25.2. The molecule has 3 N–H and O–H groups in total. The van der Waals surface area contributed by atoms with Crippen LogP contribution in [0.4, 0.5) is 0 Å². The van der Waals surface area contributed by atoms with Crippen LogP contribution in [-0.2, 0) is 0 Å². The van der Waals surface area contributed by atoms with Gasteiger partial charge >= 0.3 is 0 Å². The molecule has 0 radical (unpaired) electrons. The second-order valence-electron chi connectivity index (χ2n) is 5.46. The second-order valence-corrected chi connectivity index (χ2v) is 5.46. The Balaban J connectivity index is 1.78. The number of carbonyl (C=O) groups excluding carboxylic acids is 1. The number of nitrogens with one attached hydrogen (secondary N) is 1. The number of aromatic hydroxyl groups is 2. The third-order valence-corrected chi connectivity index (χ3v) is 3.72. The molecule has 0 aliphatic carbocycles. The van der Waals surface area contributed by atoms with Crippen LogP contribution in [0.5, 0.6) is 11.5 Å². The fourth-order valence-corrected chi connectivity index (χ4v) is 2.34. The molecule has 0 saturated heterocycles. The molecule has 0 atom stereocenters. The van der Waals surface area contributed by atoms with Crippen molar-refractivity contribution < 1.29 is 15.0 Å².